The molecule has 1 aliphatic heterocycles. The van der Waals surface area contributed by atoms with Gasteiger partial charge in [0.2, 0.25) is 0 Å². The number of nitrogens with zero attached hydrogens (tertiary/aromatic N) is 3. The highest BCUT2D eigenvalue weighted by atomic mass is 127. The number of aryl methyl sites for hydroxylation is 1. The predicted octanol–water partition coefficient (Wildman–Crippen LogP) is 2.35. The summed E-state index contributed by atoms with van der Waals surface area (Å²) in [6.45, 7) is 1.49. The third-order valence-corrected chi connectivity index (χ3v) is 4.82. The van der Waals surface area contributed by atoms with Crippen LogP contribution in [0.1, 0.15) is 50.3 Å². The molecule has 130 valence electrons. The molecule has 1 saturated heterocycles. The second kappa shape index (κ2) is 8.86. The Morgan fingerprint density at radius 1 is 1.39 bits per heavy atom. The molecule has 3 N–H and O–H groups in total. The van der Waals surface area contributed by atoms with E-state index in [2.05, 4.69) is 15.4 Å². The minimum Gasteiger partial charge on any atom is -0.372 e. The molecule has 2 atom stereocenters. The van der Waals surface area contributed by atoms with Crippen LogP contribution in [0.4, 0.5) is 0 Å². The van der Waals surface area contributed by atoms with Gasteiger partial charge in [-0.2, -0.15) is 5.10 Å². The number of aliphatic imine (C=N–C) groups is 1. The van der Waals surface area contributed by atoms with Gasteiger partial charge in [-0.15, -0.1) is 24.0 Å². The summed E-state index contributed by atoms with van der Waals surface area (Å²) in [5, 5.41) is 7.61. The van der Waals surface area contributed by atoms with Crippen LogP contribution >= 0.6 is 24.0 Å². The zero-order valence-electron chi connectivity index (χ0n) is 13.8. The Hall–Kier alpha value is -0.830. The van der Waals surface area contributed by atoms with E-state index in [4.69, 9.17) is 10.5 Å². The maximum atomic E-state index is 6.06. The van der Waals surface area contributed by atoms with Gasteiger partial charge in [0.15, 0.2) is 5.96 Å². The van der Waals surface area contributed by atoms with Crippen molar-refractivity contribution in [2.75, 3.05) is 13.2 Å². The molecular weight excluding hydrogens is 405 g/mol. The fourth-order valence-electron chi connectivity index (χ4n) is 3.53. The van der Waals surface area contributed by atoms with Crippen LogP contribution in [0.15, 0.2) is 17.3 Å². The molecule has 0 amide bonds. The molecule has 7 heteroatoms. The van der Waals surface area contributed by atoms with Gasteiger partial charge in [0.25, 0.3) is 0 Å². The van der Waals surface area contributed by atoms with Crippen LogP contribution in [-0.4, -0.2) is 34.9 Å². The third-order valence-electron chi connectivity index (χ3n) is 4.82. The summed E-state index contributed by atoms with van der Waals surface area (Å²) in [6.07, 6.45) is 9.28. The molecule has 2 heterocycles. The molecule has 3 rings (SSSR count). The lowest BCUT2D eigenvalue weighted by molar-refractivity contribution is 0.0859. The van der Waals surface area contributed by atoms with Crippen molar-refractivity contribution in [3.8, 4) is 0 Å². The molecule has 0 unspecified atom stereocenters. The van der Waals surface area contributed by atoms with Gasteiger partial charge >= 0.3 is 0 Å². The molecule has 2 fully saturated rings. The van der Waals surface area contributed by atoms with E-state index in [9.17, 15) is 0 Å². The minimum absolute atomic E-state index is 0. The molecule has 1 aromatic rings. The van der Waals surface area contributed by atoms with E-state index in [1.165, 1.54) is 32.1 Å². The van der Waals surface area contributed by atoms with E-state index in [1.807, 2.05) is 24.0 Å². The fraction of sp³-hybridized carbons (Fsp3) is 0.750. The van der Waals surface area contributed by atoms with Crippen LogP contribution in [0.25, 0.3) is 0 Å². The minimum atomic E-state index is 0. The Morgan fingerprint density at radius 2 is 2.17 bits per heavy atom. The monoisotopic (exact) mass is 433 g/mol. The first-order chi connectivity index (χ1) is 10.7. The van der Waals surface area contributed by atoms with E-state index in [0.29, 0.717) is 24.5 Å². The Labute approximate surface area is 155 Å². The second-order valence-corrected chi connectivity index (χ2v) is 6.43. The van der Waals surface area contributed by atoms with Crippen molar-refractivity contribution < 1.29 is 4.74 Å². The largest absolute Gasteiger partial charge is 0.372 e. The zero-order chi connectivity index (χ0) is 15.4. The normalized spacial score (nSPS) is 26.0. The van der Waals surface area contributed by atoms with Gasteiger partial charge in [-0.3, -0.25) is 9.67 Å². The van der Waals surface area contributed by atoms with Gasteiger partial charge in [-0.1, -0.05) is 19.3 Å². The van der Waals surface area contributed by atoms with E-state index >= 15 is 0 Å². The molecule has 6 nitrogen and oxygen atoms in total. The van der Waals surface area contributed by atoms with E-state index in [-0.39, 0.29) is 30.1 Å². The number of nitrogens with one attached hydrogen (secondary N) is 1. The summed E-state index contributed by atoms with van der Waals surface area (Å²) in [5.41, 5.74) is 7.18. The maximum absolute atomic E-state index is 6.06. The van der Waals surface area contributed by atoms with Crippen molar-refractivity contribution in [2.45, 2.75) is 50.7 Å². The molecule has 0 aromatic carbocycles. The van der Waals surface area contributed by atoms with Crippen molar-refractivity contribution in [2.24, 2.45) is 23.7 Å². The smallest absolute Gasteiger partial charge is 0.188 e. The van der Waals surface area contributed by atoms with Crippen LogP contribution in [-0.2, 0) is 11.8 Å². The molecule has 23 heavy (non-hydrogen) atoms. The van der Waals surface area contributed by atoms with E-state index < -0.39 is 0 Å². The Morgan fingerprint density at radius 3 is 2.87 bits per heavy atom. The summed E-state index contributed by atoms with van der Waals surface area (Å²) >= 11 is 0. The molecule has 1 aromatic heterocycles. The summed E-state index contributed by atoms with van der Waals surface area (Å²) in [5.74, 6) is 0.963. The molecule has 0 bridgehead atoms. The highest BCUT2D eigenvalue weighted by molar-refractivity contribution is 14.0. The number of rotatable bonds is 4. The number of ether oxygens (including phenoxy) is 1. The number of hydrogen-bond donors (Lipinski definition) is 2. The summed E-state index contributed by atoms with van der Waals surface area (Å²) < 4.78 is 7.77. The van der Waals surface area contributed by atoms with Gasteiger partial charge in [0, 0.05) is 38.4 Å². The Balaban J connectivity index is 0.00000192. The first kappa shape index (κ1) is 18.5. The van der Waals surface area contributed by atoms with Crippen molar-refractivity contribution in [1.29, 1.82) is 0 Å². The molecule has 1 saturated carbocycles. The maximum Gasteiger partial charge on any atom is 0.188 e. The van der Waals surface area contributed by atoms with Gasteiger partial charge < -0.3 is 15.8 Å². The van der Waals surface area contributed by atoms with Crippen molar-refractivity contribution in [3.05, 3.63) is 18.0 Å². The van der Waals surface area contributed by atoms with Crippen molar-refractivity contribution >= 4 is 29.9 Å². The standard InChI is InChI=1S/C16H27N5O.HI/c1-21-14(7-9-19-21)15-12(8-10-22-15)11-18-16(17)20-13-5-3-2-4-6-13;/h7,9,12-13,15H,2-6,8,10-11H2,1H3,(H3,17,18,20);1H/t12-,15+;/m0./s1. The van der Waals surface area contributed by atoms with E-state index in [0.717, 1.165) is 18.7 Å². The van der Waals surface area contributed by atoms with Crippen LogP contribution in [0.5, 0.6) is 0 Å². The zero-order valence-corrected chi connectivity index (χ0v) is 16.1. The van der Waals surface area contributed by atoms with Crippen molar-refractivity contribution in [3.63, 3.8) is 0 Å². The van der Waals surface area contributed by atoms with Crippen LogP contribution in [0.3, 0.4) is 0 Å². The van der Waals surface area contributed by atoms with Crippen LogP contribution in [0.2, 0.25) is 0 Å². The summed E-state index contributed by atoms with van der Waals surface area (Å²) in [6, 6.07) is 2.53. The lowest BCUT2D eigenvalue weighted by Crippen LogP contribution is -2.41. The lowest BCUT2D eigenvalue weighted by atomic mass is 9.96. The highest BCUT2D eigenvalue weighted by Gasteiger charge is 2.31. The fourth-order valence-corrected chi connectivity index (χ4v) is 3.53. The average molecular weight is 433 g/mol. The van der Waals surface area contributed by atoms with Crippen molar-refractivity contribution in [1.82, 2.24) is 15.1 Å². The molecular formula is C16H28IN5O. The molecule has 2 aliphatic rings. The Bertz CT molecular complexity index is 512. The quantitative estimate of drug-likeness (QED) is 0.434. The average Bonchev–Trinajstić information content (AvgIpc) is 3.14. The van der Waals surface area contributed by atoms with Gasteiger partial charge in [-0.05, 0) is 25.3 Å². The van der Waals surface area contributed by atoms with E-state index in [1.54, 1.807) is 0 Å². The van der Waals surface area contributed by atoms with Gasteiger partial charge in [0.05, 0.1) is 5.69 Å². The lowest BCUT2D eigenvalue weighted by Gasteiger charge is -2.23. The van der Waals surface area contributed by atoms with Gasteiger partial charge in [0.1, 0.15) is 6.10 Å². The Kier molecular flexibility index (Phi) is 7.13. The van der Waals surface area contributed by atoms with Crippen LogP contribution in [0, 0.1) is 5.92 Å². The van der Waals surface area contributed by atoms with Crippen LogP contribution < -0.4 is 11.1 Å². The number of hydrogen-bond acceptors (Lipinski definition) is 3. The second-order valence-electron chi connectivity index (χ2n) is 6.43. The molecule has 0 spiro atoms. The third kappa shape index (κ3) is 4.82. The number of nitrogens with two attached hydrogens (primary N) is 1. The number of aromatic nitrogens is 2. The predicted molar refractivity (Wildman–Crippen MR) is 102 cm³/mol. The summed E-state index contributed by atoms with van der Waals surface area (Å²) in [4.78, 5) is 4.56. The molecule has 1 aliphatic carbocycles. The first-order valence-corrected chi connectivity index (χ1v) is 8.40. The SMILES string of the molecule is Cn1nccc1[C@@H]1OCC[C@H]1CN=C(N)NC1CCCCC1.I. The first-order valence-electron chi connectivity index (χ1n) is 8.40. The number of guanidine groups is 1. The summed E-state index contributed by atoms with van der Waals surface area (Å²) in [7, 11) is 1.95. The molecule has 0 radical (unpaired) electrons. The van der Waals surface area contributed by atoms with Gasteiger partial charge in [-0.25, -0.2) is 0 Å². The topological polar surface area (TPSA) is 77.5 Å². The number of halogens is 1. The highest BCUT2D eigenvalue weighted by Crippen LogP contribution is 2.34.